The molecule has 2 aromatic rings. The Bertz CT molecular complexity index is 653. The van der Waals surface area contributed by atoms with Crippen LogP contribution in [0.1, 0.15) is 27.2 Å². The molecule has 1 aromatic carbocycles. The molecule has 2 rings (SSSR count). The van der Waals surface area contributed by atoms with Crippen molar-refractivity contribution in [1.82, 2.24) is 15.3 Å². The van der Waals surface area contributed by atoms with Gasteiger partial charge in [-0.3, -0.25) is 0 Å². The number of aromatic nitrogens is 2. The highest BCUT2D eigenvalue weighted by Crippen LogP contribution is 2.27. The Balaban J connectivity index is 0.000000550. The van der Waals surface area contributed by atoms with Gasteiger partial charge in [0.1, 0.15) is 0 Å². The summed E-state index contributed by atoms with van der Waals surface area (Å²) in [6.45, 7) is 9.13. The molecule has 25 heavy (non-hydrogen) atoms. The molecule has 0 spiro atoms. The highest BCUT2D eigenvalue weighted by Gasteiger charge is 2.08. The lowest BCUT2D eigenvalue weighted by Gasteiger charge is -2.09. The highest BCUT2D eigenvalue weighted by atomic mass is 35.5. The number of anilines is 3. The molecule has 0 bridgehead atoms. The predicted molar refractivity (Wildman–Crippen MR) is 105 cm³/mol. The van der Waals surface area contributed by atoms with Crippen LogP contribution < -0.4 is 16.0 Å². The number of nitrogens with one attached hydrogen (secondary N) is 3. The summed E-state index contributed by atoms with van der Waals surface area (Å²) in [5.74, 6) is -0.0917. The van der Waals surface area contributed by atoms with Crippen LogP contribution >= 0.6 is 23.2 Å². The van der Waals surface area contributed by atoms with Crippen molar-refractivity contribution in [3.63, 3.8) is 0 Å². The van der Waals surface area contributed by atoms with E-state index in [1.165, 1.54) is 0 Å². The third kappa shape index (κ3) is 7.86. The SMILES string of the molecule is CCCNc1ncc(F)c(Nc2ccc(Cl)c(Cl)c2)n1.CCNCC. The van der Waals surface area contributed by atoms with Crippen molar-refractivity contribution in [1.29, 1.82) is 0 Å². The molecular formula is C17H24Cl2FN5. The molecule has 1 aromatic heterocycles. The molecule has 0 aliphatic heterocycles. The lowest BCUT2D eigenvalue weighted by atomic mass is 10.3. The van der Waals surface area contributed by atoms with Crippen LogP contribution in [0.4, 0.5) is 21.8 Å². The third-order valence-electron chi connectivity index (χ3n) is 2.96. The standard InChI is InChI=1S/C13H13Cl2FN4.C4H11N/c1-2-5-17-13-18-7-11(16)12(20-13)19-8-3-4-9(14)10(15)6-8;1-3-5-4-2/h3-4,6-7H,2,5H2,1H3,(H2,17,18,19,20);5H,3-4H2,1-2H3. The zero-order chi connectivity index (χ0) is 18.7. The molecule has 0 saturated carbocycles. The largest absolute Gasteiger partial charge is 0.354 e. The first-order chi connectivity index (χ1) is 12.0. The van der Waals surface area contributed by atoms with E-state index in [2.05, 4.69) is 39.8 Å². The van der Waals surface area contributed by atoms with Crippen molar-refractivity contribution in [2.24, 2.45) is 0 Å². The minimum atomic E-state index is -0.543. The maximum absolute atomic E-state index is 13.7. The van der Waals surface area contributed by atoms with Crippen molar-refractivity contribution in [3.05, 3.63) is 40.3 Å². The van der Waals surface area contributed by atoms with E-state index in [1.54, 1.807) is 18.2 Å². The van der Waals surface area contributed by atoms with Crippen molar-refractivity contribution in [2.75, 3.05) is 30.3 Å². The second-order valence-corrected chi connectivity index (χ2v) is 5.84. The van der Waals surface area contributed by atoms with E-state index in [0.717, 1.165) is 32.3 Å². The molecule has 138 valence electrons. The van der Waals surface area contributed by atoms with Crippen LogP contribution in [-0.4, -0.2) is 29.6 Å². The Morgan fingerprint density at radius 1 is 1.08 bits per heavy atom. The average molecular weight is 388 g/mol. The predicted octanol–water partition coefficient (Wildman–Crippen LogP) is 5.10. The quantitative estimate of drug-likeness (QED) is 0.616. The van der Waals surface area contributed by atoms with E-state index in [4.69, 9.17) is 23.2 Å². The molecule has 0 unspecified atom stereocenters. The summed E-state index contributed by atoms with van der Waals surface area (Å²) in [4.78, 5) is 7.94. The van der Waals surface area contributed by atoms with E-state index in [0.29, 0.717) is 21.7 Å². The van der Waals surface area contributed by atoms with Gasteiger partial charge in [-0.15, -0.1) is 0 Å². The number of rotatable bonds is 7. The Hall–Kier alpha value is -1.63. The zero-order valence-corrected chi connectivity index (χ0v) is 16.2. The third-order valence-corrected chi connectivity index (χ3v) is 3.70. The molecule has 0 aliphatic rings. The monoisotopic (exact) mass is 387 g/mol. The topological polar surface area (TPSA) is 61.9 Å². The fourth-order valence-electron chi connectivity index (χ4n) is 1.74. The molecule has 8 heteroatoms. The van der Waals surface area contributed by atoms with Gasteiger partial charge in [-0.05, 0) is 37.7 Å². The molecule has 0 saturated heterocycles. The first-order valence-corrected chi connectivity index (χ1v) is 8.96. The van der Waals surface area contributed by atoms with E-state index < -0.39 is 5.82 Å². The maximum atomic E-state index is 13.7. The van der Waals surface area contributed by atoms with Crippen LogP contribution in [0, 0.1) is 5.82 Å². The minimum absolute atomic E-state index is 0.0805. The second kappa shape index (κ2) is 11.8. The average Bonchev–Trinajstić information content (AvgIpc) is 2.60. The van der Waals surface area contributed by atoms with Gasteiger partial charge in [0, 0.05) is 12.2 Å². The number of hydrogen-bond acceptors (Lipinski definition) is 5. The van der Waals surface area contributed by atoms with Crippen LogP contribution in [0.3, 0.4) is 0 Å². The summed E-state index contributed by atoms with van der Waals surface area (Å²) >= 11 is 11.7. The Morgan fingerprint density at radius 3 is 2.36 bits per heavy atom. The number of halogens is 3. The Kier molecular flexibility index (Phi) is 10.1. The van der Waals surface area contributed by atoms with Gasteiger partial charge < -0.3 is 16.0 Å². The molecule has 0 atom stereocenters. The maximum Gasteiger partial charge on any atom is 0.224 e. The Morgan fingerprint density at radius 2 is 1.80 bits per heavy atom. The van der Waals surface area contributed by atoms with Gasteiger partial charge in [0.25, 0.3) is 0 Å². The van der Waals surface area contributed by atoms with E-state index in [9.17, 15) is 4.39 Å². The normalized spacial score (nSPS) is 10.0. The van der Waals surface area contributed by atoms with Crippen molar-refractivity contribution >= 4 is 40.7 Å². The van der Waals surface area contributed by atoms with Crippen LogP contribution in [-0.2, 0) is 0 Å². The van der Waals surface area contributed by atoms with E-state index in [-0.39, 0.29) is 5.82 Å². The molecule has 1 heterocycles. The van der Waals surface area contributed by atoms with Crippen LogP contribution in [0.15, 0.2) is 24.4 Å². The van der Waals surface area contributed by atoms with Gasteiger partial charge in [-0.2, -0.15) is 4.98 Å². The second-order valence-electron chi connectivity index (χ2n) is 5.03. The summed E-state index contributed by atoms with van der Waals surface area (Å²) in [5.41, 5.74) is 0.596. The van der Waals surface area contributed by atoms with Crippen LogP contribution in [0.2, 0.25) is 10.0 Å². The van der Waals surface area contributed by atoms with Gasteiger partial charge >= 0.3 is 0 Å². The van der Waals surface area contributed by atoms with E-state index in [1.807, 2.05) is 6.92 Å². The lowest BCUT2D eigenvalue weighted by Crippen LogP contribution is -2.09. The smallest absolute Gasteiger partial charge is 0.224 e. The highest BCUT2D eigenvalue weighted by molar-refractivity contribution is 6.42. The molecule has 5 nitrogen and oxygen atoms in total. The Labute approximate surface area is 158 Å². The fraction of sp³-hybridized carbons (Fsp3) is 0.412. The van der Waals surface area contributed by atoms with Gasteiger partial charge in [0.05, 0.1) is 16.2 Å². The van der Waals surface area contributed by atoms with Gasteiger partial charge in [-0.25, -0.2) is 9.37 Å². The van der Waals surface area contributed by atoms with Crippen LogP contribution in [0.5, 0.6) is 0 Å². The van der Waals surface area contributed by atoms with Gasteiger partial charge in [0.15, 0.2) is 11.6 Å². The molecule has 3 N–H and O–H groups in total. The molecule has 0 fully saturated rings. The molecule has 0 amide bonds. The summed E-state index contributed by atoms with van der Waals surface area (Å²) in [5, 5.41) is 9.77. The summed E-state index contributed by atoms with van der Waals surface area (Å²) in [7, 11) is 0. The van der Waals surface area contributed by atoms with Crippen molar-refractivity contribution < 1.29 is 4.39 Å². The fourth-order valence-corrected chi connectivity index (χ4v) is 2.04. The minimum Gasteiger partial charge on any atom is -0.354 e. The first kappa shape index (κ1) is 21.4. The molecular weight excluding hydrogens is 364 g/mol. The van der Waals surface area contributed by atoms with E-state index >= 15 is 0 Å². The zero-order valence-electron chi connectivity index (χ0n) is 14.7. The van der Waals surface area contributed by atoms with Crippen molar-refractivity contribution in [3.8, 4) is 0 Å². The van der Waals surface area contributed by atoms with Gasteiger partial charge in [-0.1, -0.05) is 44.0 Å². The van der Waals surface area contributed by atoms with Crippen molar-refractivity contribution in [2.45, 2.75) is 27.2 Å². The molecule has 0 radical (unpaired) electrons. The first-order valence-electron chi connectivity index (χ1n) is 8.20. The lowest BCUT2D eigenvalue weighted by molar-refractivity contribution is 0.619. The summed E-state index contributed by atoms with van der Waals surface area (Å²) < 4.78 is 13.7. The summed E-state index contributed by atoms with van der Waals surface area (Å²) in [6.07, 6.45) is 2.04. The summed E-state index contributed by atoms with van der Waals surface area (Å²) in [6, 6.07) is 4.92. The van der Waals surface area contributed by atoms with Crippen LogP contribution in [0.25, 0.3) is 0 Å². The number of nitrogens with zero attached hydrogens (tertiary/aromatic N) is 2. The number of hydrogen-bond donors (Lipinski definition) is 3. The number of benzene rings is 1. The molecule has 0 aliphatic carbocycles. The van der Waals surface area contributed by atoms with Gasteiger partial charge in [0.2, 0.25) is 5.95 Å².